The number of hydrogen-bond donors (Lipinski definition) is 1. The molecule has 1 aromatic carbocycles. The maximum Gasteiger partial charge on any atom is 0.263 e. The maximum atomic E-state index is 12.9. The van der Waals surface area contributed by atoms with Crippen LogP contribution in [0, 0.1) is 6.92 Å². The highest BCUT2D eigenvalue weighted by molar-refractivity contribution is 5.95. The van der Waals surface area contributed by atoms with Gasteiger partial charge >= 0.3 is 0 Å². The summed E-state index contributed by atoms with van der Waals surface area (Å²) in [6, 6.07) is 11.0. The summed E-state index contributed by atoms with van der Waals surface area (Å²) >= 11 is 0. The van der Waals surface area contributed by atoms with Gasteiger partial charge in [0.1, 0.15) is 17.0 Å². The lowest BCUT2D eigenvalue weighted by Crippen LogP contribution is -2.35. The first kappa shape index (κ1) is 20.9. The molecule has 0 bridgehead atoms. The van der Waals surface area contributed by atoms with Gasteiger partial charge in [-0.15, -0.1) is 0 Å². The van der Waals surface area contributed by atoms with E-state index >= 15 is 0 Å². The van der Waals surface area contributed by atoms with Crippen LogP contribution in [0.1, 0.15) is 34.5 Å². The average molecular weight is 423 g/mol. The molecule has 8 heteroatoms. The quantitative estimate of drug-likeness (QED) is 0.628. The number of amides is 1. The zero-order chi connectivity index (χ0) is 21.8. The minimum Gasteiger partial charge on any atom is -0.497 e. The molecule has 0 radical (unpaired) electrons. The number of hydrogen-bond acceptors (Lipinski definition) is 6. The Hall–Kier alpha value is -3.39. The lowest BCUT2D eigenvalue weighted by molar-refractivity contribution is 0.0927. The van der Waals surface area contributed by atoms with E-state index in [2.05, 4.69) is 10.5 Å². The van der Waals surface area contributed by atoms with Crippen LogP contribution in [0.5, 0.6) is 5.75 Å². The van der Waals surface area contributed by atoms with Crippen molar-refractivity contribution < 1.29 is 18.8 Å². The number of benzene rings is 1. The summed E-state index contributed by atoms with van der Waals surface area (Å²) in [5.74, 6) is 0.843. The van der Waals surface area contributed by atoms with E-state index in [1.165, 1.54) is 0 Å². The number of methoxy groups -OCH3 is 1. The summed E-state index contributed by atoms with van der Waals surface area (Å²) in [7, 11) is 1.60. The van der Waals surface area contributed by atoms with Crippen LogP contribution >= 0.6 is 0 Å². The van der Waals surface area contributed by atoms with Crippen molar-refractivity contribution in [1.82, 2.24) is 15.0 Å². The van der Waals surface area contributed by atoms with Crippen LogP contribution in [0.2, 0.25) is 0 Å². The van der Waals surface area contributed by atoms with Crippen LogP contribution in [0.25, 0.3) is 11.3 Å². The largest absolute Gasteiger partial charge is 0.497 e. The van der Waals surface area contributed by atoms with E-state index in [0.29, 0.717) is 35.9 Å². The Labute approximate surface area is 179 Å². The Balaban J connectivity index is 1.45. The molecular formula is C23H25N3O5. The standard InChI is InChI=1S/C23H25N3O5/c1-15-8-9-26(14-19-7-4-10-30-19)23(28)21(15)22(27)24-13-17-12-20(31-25-17)16-5-3-6-18(11-16)29-2/h3,5-6,8-9,11-12,19H,4,7,10,13-14H2,1-2H3,(H,24,27). The number of nitrogens with zero attached hydrogens (tertiary/aromatic N) is 2. The average Bonchev–Trinajstić information content (AvgIpc) is 3.46. The van der Waals surface area contributed by atoms with E-state index < -0.39 is 5.91 Å². The van der Waals surface area contributed by atoms with Crippen LogP contribution in [0.4, 0.5) is 0 Å². The fourth-order valence-corrected chi connectivity index (χ4v) is 3.66. The Bertz CT molecular complexity index is 1130. The zero-order valence-corrected chi connectivity index (χ0v) is 17.6. The van der Waals surface area contributed by atoms with E-state index in [-0.39, 0.29) is 23.8 Å². The van der Waals surface area contributed by atoms with Crippen molar-refractivity contribution in [1.29, 1.82) is 0 Å². The second-order valence-corrected chi connectivity index (χ2v) is 7.56. The molecule has 4 rings (SSSR count). The van der Waals surface area contributed by atoms with Gasteiger partial charge in [-0.1, -0.05) is 17.3 Å². The molecule has 3 heterocycles. The third-order valence-corrected chi connectivity index (χ3v) is 5.37. The highest BCUT2D eigenvalue weighted by atomic mass is 16.5. The molecule has 31 heavy (non-hydrogen) atoms. The summed E-state index contributed by atoms with van der Waals surface area (Å²) in [5, 5.41) is 6.79. The van der Waals surface area contributed by atoms with Gasteiger partial charge in [0.25, 0.3) is 11.5 Å². The third kappa shape index (κ3) is 4.69. The molecule has 1 unspecified atom stereocenters. The highest BCUT2D eigenvalue weighted by Gasteiger charge is 2.20. The predicted octanol–water partition coefficient (Wildman–Crippen LogP) is 2.93. The van der Waals surface area contributed by atoms with Crippen LogP contribution in [-0.2, 0) is 17.8 Å². The summed E-state index contributed by atoms with van der Waals surface area (Å²) in [4.78, 5) is 25.7. The van der Waals surface area contributed by atoms with E-state index in [1.807, 2.05) is 24.3 Å². The molecule has 1 saturated heterocycles. The number of aromatic nitrogens is 2. The van der Waals surface area contributed by atoms with Crippen molar-refractivity contribution in [3.8, 4) is 17.1 Å². The molecule has 1 N–H and O–H groups in total. The van der Waals surface area contributed by atoms with Crippen molar-refractivity contribution in [2.45, 2.75) is 39.0 Å². The van der Waals surface area contributed by atoms with Gasteiger partial charge in [-0.3, -0.25) is 9.59 Å². The lowest BCUT2D eigenvalue weighted by atomic mass is 10.1. The Morgan fingerprint density at radius 1 is 1.32 bits per heavy atom. The topological polar surface area (TPSA) is 95.6 Å². The highest BCUT2D eigenvalue weighted by Crippen LogP contribution is 2.24. The first-order valence-electron chi connectivity index (χ1n) is 10.2. The molecule has 162 valence electrons. The van der Waals surface area contributed by atoms with E-state index in [1.54, 1.807) is 36.9 Å². The fraction of sp³-hybridized carbons (Fsp3) is 0.348. The van der Waals surface area contributed by atoms with Crippen LogP contribution in [-0.4, -0.2) is 35.5 Å². The molecule has 0 aliphatic carbocycles. The van der Waals surface area contributed by atoms with Gasteiger partial charge in [-0.05, 0) is 43.5 Å². The van der Waals surface area contributed by atoms with Crippen LogP contribution < -0.4 is 15.6 Å². The van der Waals surface area contributed by atoms with Gasteiger partial charge in [0.15, 0.2) is 5.76 Å². The van der Waals surface area contributed by atoms with Crippen LogP contribution in [0.3, 0.4) is 0 Å². The second-order valence-electron chi connectivity index (χ2n) is 7.56. The summed E-state index contributed by atoms with van der Waals surface area (Å²) < 4.78 is 17.8. The van der Waals surface area contributed by atoms with E-state index in [0.717, 1.165) is 18.4 Å². The van der Waals surface area contributed by atoms with Gasteiger partial charge < -0.3 is 23.9 Å². The van der Waals surface area contributed by atoms with Gasteiger partial charge in [0.05, 0.1) is 26.3 Å². The molecular weight excluding hydrogens is 398 g/mol. The second kappa shape index (κ2) is 9.18. The predicted molar refractivity (Wildman–Crippen MR) is 114 cm³/mol. The van der Waals surface area contributed by atoms with Crippen molar-refractivity contribution in [3.63, 3.8) is 0 Å². The third-order valence-electron chi connectivity index (χ3n) is 5.37. The number of carbonyl (C=O) groups excluding carboxylic acids is 1. The number of nitrogens with one attached hydrogen (secondary N) is 1. The number of ether oxygens (including phenoxy) is 2. The molecule has 0 spiro atoms. The molecule has 2 aromatic heterocycles. The summed E-state index contributed by atoms with van der Waals surface area (Å²) in [6.45, 7) is 3.07. The Morgan fingerprint density at radius 2 is 2.19 bits per heavy atom. The van der Waals surface area contributed by atoms with Crippen molar-refractivity contribution in [2.24, 2.45) is 0 Å². The SMILES string of the molecule is COc1cccc(-c2cc(CNC(=O)c3c(C)ccn(CC4CCCO4)c3=O)no2)c1. The van der Waals surface area contributed by atoms with Gasteiger partial charge in [0.2, 0.25) is 0 Å². The molecule has 8 nitrogen and oxygen atoms in total. The normalized spacial score (nSPS) is 15.7. The summed E-state index contributed by atoms with van der Waals surface area (Å²) in [6.07, 6.45) is 3.65. The number of aryl methyl sites for hydroxylation is 1. The molecule has 0 saturated carbocycles. The van der Waals surface area contributed by atoms with Crippen molar-refractivity contribution in [3.05, 3.63) is 69.8 Å². The van der Waals surface area contributed by atoms with Gasteiger partial charge in [0, 0.05) is 24.4 Å². The molecule has 1 amide bonds. The fourth-order valence-electron chi connectivity index (χ4n) is 3.66. The Morgan fingerprint density at radius 3 is 2.97 bits per heavy atom. The molecule has 1 atom stereocenters. The minimum absolute atomic E-state index is 0.0153. The van der Waals surface area contributed by atoms with E-state index in [9.17, 15) is 9.59 Å². The van der Waals surface area contributed by atoms with Crippen molar-refractivity contribution >= 4 is 5.91 Å². The first-order valence-corrected chi connectivity index (χ1v) is 10.2. The maximum absolute atomic E-state index is 12.9. The van der Waals surface area contributed by atoms with Gasteiger partial charge in [-0.25, -0.2) is 0 Å². The summed E-state index contributed by atoms with van der Waals surface area (Å²) in [5.41, 5.74) is 1.82. The first-order chi connectivity index (χ1) is 15.0. The Kier molecular flexibility index (Phi) is 6.18. The smallest absolute Gasteiger partial charge is 0.263 e. The monoisotopic (exact) mass is 423 g/mol. The molecule has 1 aliphatic rings. The molecule has 1 aliphatic heterocycles. The minimum atomic E-state index is -0.435. The molecule has 3 aromatic rings. The molecule has 1 fully saturated rings. The van der Waals surface area contributed by atoms with Crippen molar-refractivity contribution in [2.75, 3.05) is 13.7 Å². The number of rotatable bonds is 7. The van der Waals surface area contributed by atoms with Crippen LogP contribution in [0.15, 0.2) is 51.9 Å². The number of carbonyl (C=O) groups is 1. The van der Waals surface area contributed by atoms with E-state index in [4.69, 9.17) is 14.0 Å². The zero-order valence-electron chi connectivity index (χ0n) is 17.6. The van der Waals surface area contributed by atoms with Gasteiger partial charge in [-0.2, -0.15) is 0 Å². The number of pyridine rings is 1. The lowest BCUT2D eigenvalue weighted by Gasteiger charge is -2.14.